The summed E-state index contributed by atoms with van der Waals surface area (Å²) < 4.78 is 1.25. The maximum Gasteiger partial charge on any atom is 0.271 e. The van der Waals surface area contributed by atoms with E-state index in [1.165, 1.54) is 4.68 Å². The molecular formula is C19H21N5O3. The van der Waals surface area contributed by atoms with Crippen molar-refractivity contribution in [3.63, 3.8) is 0 Å². The Balaban J connectivity index is 1.72. The van der Waals surface area contributed by atoms with Crippen LogP contribution < -0.4 is 5.32 Å². The number of hydrogen-bond donors (Lipinski definition) is 1. The molecule has 2 aromatic rings. The Hall–Kier alpha value is -3.29. The van der Waals surface area contributed by atoms with Crippen LogP contribution in [0.2, 0.25) is 0 Å². The second kappa shape index (κ2) is 7.53. The summed E-state index contributed by atoms with van der Waals surface area (Å²) in [5.41, 5.74) is 3.35. The smallest absolute Gasteiger partial charge is 0.271 e. The molecule has 140 valence electrons. The monoisotopic (exact) mass is 367 g/mol. The van der Waals surface area contributed by atoms with E-state index in [0.717, 1.165) is 10.6 Å². The minimum atomic E-state index is -0.380. The number of rotatable bonds is 4. The largest absolute Gasteiger partial charge is 0.321 e. The van der Waals surface area contributed by atoms with E-state index in [2.05, 4.69) is 15.5 Å². The summed E-state index contributed by atoms with van der Waals surface area (Å²) in [7, 11) is 0. The minimum absolute atomic E-state index is 0.130. The number of nitrogens with zero attached hydrogens (tertiary/aromatic N) is 4. The van der Waals surface area contributed by atoms with Crippen LogP contribution in [0.1, 0.15) is 34.6 Å². The van der Waals surface area contributed by atoms with E-state index in [1.807, 2.05) is 19.1 Å². The van der Waals surface area contributed by atoms with Gasteiger partial charge in [-0.3, -0.25) is 14.4 Å². The van der Waals surface area contributed by atoms with Gasteiger partial charge in [-0.15, -0.1) is 0 Å². The van der Waals surface area contributed by atoms with Gasteiger partial charge in [0.2, 0.25) is 5.91 Å². The Kier molecular flexibility index (Phi) is 5.16. The third-order valence-corrected chi connectivity index (χ3v) is 4.21. The van der Waals surface area contributed by atoms with Crippen molar-refractivity contribution in [3.05, 3.63) is 47.3 Å². The summed E-state index contributed by atoms with van der Waals surface area (Å²) >= 11 is 0. The number of aromatic nitrogens is 2. The number of carbonyl (C=O) groups is 3. The second-order valence-electron chi connectivity index (χ2n) is 6.55. The number of amides is 2. The fraction of sp³-hybridized carbons (Fsp3) is 0.316. The van der Waals surface area contributed by atoms with Crippen LogP contribution >= 0.6 is 0 Å². The van der Waals surface area contributed by atoms with Crippen LogP contribution in [0.3, 0.4) is 0 Å². The van der Waals surface area contributed by atoms with Crippen molar-refractivity contribution in [2.24, 2.45) is 5.10 Å². The van der Waals surface area contributed by atoms with E-state index in [-0.39, 0.29) is 42.8 Å². The molecule has 2 heterocycles. The summed E-state index contributed by atoms with van der Waals surface area (Å²) in [5.74, 6) is -1.05. The van der Waals surface area contributed by atoms with Gasteiger partial charge in [-0.05, 0) is 39.0 Å². The van der Waals surface area contributed by atoms with Gasteiger partial charge in [-0.2, -0.15) is 10.2 Å². The highest BCUT2D eigenvalue weighted by molar-refractivity contribution is 6.43. The first kappa shape index (κ1) is 18.5. The quantitative estimate of drug-likeness (QED) is 0.894. The van der Waals surface area contributed by atoms with Gasteiger partial charge in [-0.25, -0.2) is 9.69 Å². The number of hydrogen-bond acceptors (Lipinski definition) is 5. The lowest BCUT2D eigenvalue weighted by atomic mass is 10.1. The van der Waals surface area contributed by atoms with Crippen LogP contribution in [0.4, 0.5) is 5.69 Å². The minimum Gasteiger partial charge on any atom is -0.321 e. The number of hydrazone groups is 1. The lowest BCUT2D eigenvalue weighted by Gasteiger charge is -2.22. The predicted molar refractivity (Wildman–Crippen MR) is 101 cm³/mol. The molecular weight excluding hydrogens is 346 g/mol. The van der Waals surface area contributed by atoms with Gasteiger partial charge in [0, 0.05) is 24.2 Å². The van der Waals surface area contributed by atoms with Crippen molar-refractivity contribution in [3.8, 4) is 0 Å². The van der Waals surface area contributed by atoms with E-state index in [4.69, 9.17) is 0 Å². The van der Waals surface area contributed by atoms with Gasteiger partial charge in [0.25, 0.3) is 11.8 Å². The number of benzene rings is 1. The zero-order valence-corrected chi connectivity index (χ0v) is 15.5. The molecule has 8 heteroatoms. The molecule has 1 aliphatic heterocycles. The van der Waals surface area contributed by atoms with Gasteiger partial charge in [-0.1, -0.05) is 17.7 Å². The van der Waals surface area contributed by atoms with Crippen LogP contribution in [0.5, 0.6) is 0 Å². The highest BCUT2D eigenvalue weighted by Crippen LogP contribution is 2.13. The molecule has 8 nitrogen and oxygen atoms in total. The topological polar surface area (TPSA) is 96.7 Å². The second-order valence-corrected chi connectivity index (χ2v) is 6.55. The maximum absolute atomic E-state index is 12.4. The lowest BCUT2D eigenvalue weighted by Crippen LogP contribution is -2.40. The Labute approximate surface area is 156 Å². The van der Waals surface area contributed by atoms with Gasteiger partial charge in [0.05, 0.1) is 5.69 Å². The Bertz CT molecular complexity index is 927. The van der Waals surface area contributed by atoms with Crippen LogP contribution in [0, 0.1) is 20.8 Å². The highest BCUT2D eigenvalue weighted by Gasteiger charge is 2.27. The molecule has 3 rings (SSSR count). The molecule has 1 aromatic carbocycles. The molecule has 0 saturated carbocycles. The van der Waals surface area contributed by atoms with Crippen LogP contribution in [-0.2, 0) is 9.59 Å². The van der Waals surface area contributed by atoms with E-state index in [1.54, 1.807) is 32.0 Å². The first-order chi connectivity index (χ1) is 12.8. The fourth-order valence-corrected chi connectivity index (χ4v) is 2.80. The third kappa shape index (κ3) is 4.28. The average Bonchev–Trinajstić information content (AvgIpc) is 2.97. The standard InChI is InChI=1S/C19H21N5O3/c1-12-4-6-15(7-5-12)20-19(27)16-8-9-17(25)23(22-16)11-18(26)24-14(3)10-13(2)21-24/h4-7,10H,8-9,11H2,1-3H3,(H,20,27). The van der Waals surface area contributed by atoms with Gasteiger partial charge >= 0.3 is 0 Å². The summed E-state index contributed by atoms with van der Waals surface area (Å²) in [6.45, 7) is 5.25. The van der Waals surface area contributed by atoms with Gasteiger partial charge in [0.15, 0.2) is 0 Å². The summed E-state index contributed by atoms with van der Waals surface area (Å²) in [4.78, 5) is 37.0. The van der Waals surface area contributed by atoms with Crippen LogP contribution in [-0.4, -0.2) is 44.8 Å². The van der Waals surface area contributed by atoms with E-state index in [9.17, 15) is 14.4 Å². The molecule has 0 radical (unpaired) electrons. The molecule has 0 bridgehead atoms. The third-order valence-electron chi connectivity index (χ3n) is 4.21. The molecule has 1 aliphatic rings. The van der Waals surface area contributed by atoms with Gasteiger partial charge in [0.1, 0.15) is 12.3 Å². The highest BCUT2D eigenvalue weighted by atomic mass is 16.2. The molecule has 0 atom stereocenters. The van der Waals surface area contributed by atoms with E-state index < -0.39 is 0 Å². The Morgan fingerprint density at radius 2 is 1.81 bits per heavy atom. The van der Waals surface area contributed by atoms with Crippen molar-refractivity contribution in [2.45, 2.75) is 33.6 Å². The molecule has 0 spiro atoms. The summed E-state index contributed by atoms with van der Waals surface area (Å²) in [5, 5.41) is 12.0. The molecule has 0 unspecified atom stereocenters. The molecule has 1 N–H and O–H groups in total. The Morgan fingerprint density at radius 3 is 2.44 bits per heavy atom. The van der Waals surface area contributed by atoms with Gasteiger partial charge < -0.3 is 5.32 Å². The van der Waals surface area contributed by atoms with E-state index >= 15 is 0 Å². The number of anilines is 1. The lowest BCUT2D eigenvalue weighted by molar-refractivity contribution is -0.131. The molecule has 0 saturated heterocycles. The SMILES string of the molecule is Cc1ccc(NC(=O)C2=NN(CC(=O)n3nc(C)cc3C)C(=O)CC2)cc1. The van der Waals surface area contributed by atoms with Crippen LogP contribution in [0.15, 0.2) is 35.4 Å². The van der Waals surface area contributed by atoms with Crippen molar-refractivity contribution < 1.29 is 14.4 Å². The fourth-order valence-electron chi connectivity index (χ4n) is 2.80. The average molecular weight is 367 g/mol. The number of carbonyl (C=O) groups excluding carboxylic acids is 3. The van der Waals surface area contributed by atoms with Crippen molar-refractivity contribution in [1.82, 2.24) is 14.8 Å². The van der Waals surface area contributed by atoms with E-state index in [0.29, 0.717) is 17.1 Å². The maximum atomic E-state index is 12.4. The molecule has 0 aliphatic carbocycles. The first-order valence-electron chi connectivity index (χ1n) is 8.66. The van der Waals surface area contributed by atoms with Crippen molar-refractivity contribution in [1.29, 1.82) is 0 Å². The number of nitrogens with one attached hydrogen (secondary N) is 1. The van der Waals surface area contributed by atoms with Crippen molar-refractivity contribution >= 4 is 29.1 Å². The summed E-state index contributed by atoms with van der Waals surface area (Å²) in [6, 6.07) is 9.15. The van der Waals surface area contributed by atoms with Crippen LogP contribution in [0.25, 0.3) is 0 Å². The van der Waals surface area contributed by atoms with Crippen molar-refractivity contribution in [2.75, 3.05) is 11.9 Å². The number of aryl methyl sites for hydroxylation is 3. The molecule has 1 aromatic heterocycles. The summed E-state index contributed by atoms with van der Waals surface area (Å²) in [6.07, 6.45) is 0.367. The molecule has 2 amide bonds. The first-order valence-corrected chi connectivity index (χ1v) is 8.66. The molecule has 27 heavy (non-hydrogen) atoms. The zero-order chi connectivity index (χ0) is 19.6. The Morgan fingerprint density at radius 1 is 1.11 bits per heavy atom. The predicted octanol–water partition coefficient (Wildman–Crippen LogP) is 2.07. The zero-order valence-electron chi connectivity index (χ0n) is 15.5. The molecule has 0 fully saturated rings. The normalized spacial score (nSPS) is 14.1.